The van der Waals surface area contributed by atoms with E-state index in [-0.39, 0.29) is 5.91 Å². The topological polar surface area (TPSA) is 77.4 Å². The highest BCUT2D eigenvalue weighted by Crippen LogP contribution is 2.42. The van der Waals surface area contributed by atoms with Crippen molar-refractivity contribution >= 4 is 28.8 Å². The van der Waals surface area contributed by atoms with Gasteiger partial charge in [-0.1, -0.05) is 44.0 Å². The van der Waals surface area contributed by atoms with E-state index in [2.05, 4.69) is 11.9 Å². The van der Waals surface area contributed by atoms with E-state index in [1.165, 1.54) is 31.7 Å². The molecular formula is C23H30N2O5S. The average molecular weight is 447 g/mol. The summed E-state index contributed by atoms with van der Waals surface area (Å²) in [6.07, 6.45) is 4.86. The Morgan fingerprint density at radius 3 is 2.74 bits per heavy atom. The van der Waals surface area contributed by atoms with Crippen LogP contribution in [0.5, 0.6) is 11.5 Å². The van der Waals surface area contributed by atoms with Crippen LogP contribution in [0.1, 0.15) is 57.6 Å². The van der Waals surface area contributed by atoms with E-state index >= 15 is 0 Å². The standard InChI is InChI=1S/C23H30N2O5S/c1-5-6-7-8-12-30-17-10-9-16(14-18(17)28-3)21-20(22(27)29-4)15(2)24-23-25(21)19(26)11-13-31-23/h9-10,14,21H,5-8,11-13H2,1-4H3. The number of thioether (sulfide) groups is 1. The Kier molecular flexibility index (Phi) is 8.01. The second-order valence-corrected chi connectivity index (χ2v) is 8.53. The molecular weight excluding hydrogens is 416 g/mol. The first-order chi connectivity index (χ1) is 15.0. The maximum Gasteiger partial charge on any atom is 0.338 e. The number of hydrogen-bond donors (Lipinski definition) is 0. The lowest BCUT2D eigenvalue weighted by Crippen LogP contribution is -2.45. The number of unbranched alkanes of at least 4 members (excludes halogenated alkanes) is 3. The zero-order valence-electron chi connectivity index (χ0n) is 18.6. The molecule has 1 aromatic rings. The Bertz CT molecular complexity index is 896. The predicted octanol–water partition coefficient (Wildman–Crippen LogP) is 4.48. The molecule has 1 fully saturated rings. The molecule has 0 aromatic heterocycles. The summed E-state index contributed by atoms with van der Waals surface area (Å²) in [5.41, 5.74) is 1.66. The molecule has 0 aliphatic carbocycles. The summed E-state index contributed by atoms with van der Waals surface area (Å²) in [6.45, 7) is 4.56. The van der Waals surface area contributed by atoms with Gasteiger partial charge in [0.05, 0.1) is 38.1 Å². The minimum Gasteiger partial charge on any atom is -0.493 e. The van der Waals surface area contributed by atoms with Gasteiger partial charge in [0.15, 0.2) is 16.7 Å². The maximum atomic E-state index is 12.8. The molecule has 0 N–H and O–H groups in total. The van der Waals surface area contributed by atoms with Gasteiger partial charge in [-0.25, -0.2) is 9.79 Å². The zero-order chi connectivity index (χ0) is 22.4. The van der Waals surface area contributed by atoms with Gasteiger partial charge in [-0.2, -0.15) is 0 Å². The highest BCUT2D eigenvalue weighted by Gasteiger charge is 2.41. The molecule has 2 aliphatic rings. The Morgan fingerprint density at radius 1 is 1.23 bits per heavy atom. The van der Waals surface area contributed by atoms with Crippen LogP contribution in [0.3, 0.4) is 0 Å². The molecule has 1 atom stereocenters. The highest BCUT2D eigenvalue weighted by atomic mass is 32.2. The van der Waals surface area contributed by atoms with Gasteiger partial charge >= 0.3 is 5.97 Å². The fraction of sp³-hybridized carbons (Fsp3) is 0.522. The molecule has 168 valence electrons. The lowest BCUT2D eigenvalue weighted by molar-refractivity contribution is -0.137. The van der Waals surface area contributed by atoms with Crippen LogP contribution in [0.25, 0.3) is 0 Å². The lowest BCUT2D eigenvalue weighted by atomic mass is 9.94. The summed E-state index contributed by atoms with van der Waals surface area (Å²) in [7, 11) is 2.92. The average Bonchev–Trinajstić information content (AvgIpc) is 2.77. The summed E-state index contributed by atoms with van der Waals surface area (Å²) in [5.74, 6) is 1.33. The number of benzene rings is 1. The summed E-state index contributed by atoms with van der Waals surface area (Å²) < 4.78 is 16.5. The van der Waals surface area contributed by atoms with E-state index in [0.717, 1.165) is 18.4 Å². The van der Waals surface area contributed by atoms with Gasteiger partial charge in [0, 0.05) is 12.2 Å². The first-order valence-electron chi connectivity index (χ1n) is 10.6. The maximum absolute atomic E-state index is 12.8. The number of fused-ring (bicyclic) bond motifs is 1. The van der Waals surface area contributed by atoms with Gasteiger partial charge < -0.3 is 14.2 Å². The van der Waals surface area contributed by atoms with Crippen molar-refractivity contribution in [1.82, 2.24) is 4.90 Å². The van der Waals surface area contributed by atoms with Gasteiger partial charge in [-0.15, -0.1) is 0 Å². The van der Waals surface area contributed by atoms with Gasteiger partial charge in [-0.05, 0) is 31.0 Å². The third kappa shape index (κ3) is 5.06. The van der Waals surface area contributed by atoms with Crippen LogP contribution in [-0.2, 0) is 14.3 Å². The molecule has 31 heavy (non-hydrogen) atoms. The molecule has 1 unspecified atom stereocenters. The van der Waals surface area contributed by atoms with Gasteiger partial charge in [0.2, 0.25) is 5.91 Å². The number of amidine groups is 1. The van der Waals surface area contributed by atoms with Crippen LogP contribution in [0.2, 0.25) is 0 Å². The number of aliphatic imine (C=N–C) groups is 1. The molecule has 3 rings (SSSR count). The molecule has 0 saturated carbocycles. The fourth-order valence-electron chi connectivity index (χ4n) is 3.77. The number of carbonyl (C=O) groups excluding carboxylic acids is 2. The number of esters is 1. The zero-order valence-corrected chi connectivity index (χ0v) is 19.4. The van der Waals surface area contributed by atoms with Crippen molar-refractivity contribution in [1.29, 1.82) is 0 Å². The number of rotatable bonds is 9. The van der Waals surface area contributed by atoms with E-state index in [4.69, 9.17) is 14.2 Å². The van der Waals surface area contributed by atoms with Crippen molar-refractivity contribution < 1.29 is 23.8 Å². The number of methoxy groups -OCH3 is 2. The number of hydrogen-bond acceptors (Lipinski definition) is 7. The van der Waals surface area contributed by atoms with E-state index in [0.29, 0.717) is 46.7 Å². The Morgan fingerprint density at radius 2 is 2.03 bits per heavy atom. The summed E-state index contributed by atoms with van der Waals surface area (Å²) in [5, 5.41) is 0.613. The quantitative estimate of drug-likeness (QED) is 0.411. The molecule has 0 spiro atoms. The number of ether oxygens (including phenoxy) is 3. The van der Waals surface area contributed by atoms with Gasteiger partial charge in [-0.3, -0.25) is 9.69 Å². The van der Waals surface area contributed by atoms with Crippen molar-refractivity contribution in [2.75, 3.05) is 26.6 Å². The molecule has 7 nitrogen and oxygen atoms in total. The van der Waals surface area contributed by atoms with E-state index in [1.807, 2.05) is 18.2 Å². The van der Waals surface area contributed by atoms with E-state index < -0.39 is 12.0 Å². The van der Waals surface area contributed by atoms with Crippen molar-refractivity contribution in [3.8, 4) is 11.5 Å². The van der Waals surface area contributed by atoms with Crippen molar-refractivity contribution in [3.63, 3.8) is 0 Å². The number of amides is 1. The SMILES string of the molecule is CCCCCCOc1ccc(C2C(C(=O)OC)=C(C)N=C3SCCC(=O)N32)cc1OC. The molecule has 1 aromatic carbocycles. The minimum absolute atomic E-state index is 0.0633. The first kappa shape index (κ1) is 23.2. The van der Waals surface area contributed by atoms with Crippen LogP contribution < -0.4 is 9.47 Å². The van der Waals surface area contributed by atoms with Crippen LogP contribution in [-0.4, -0.2) is 48.5 Å². The highest BCUT2D eigenvalue weighted by molar-refractivity contribution is 8.14. The summed E-state index contributed by atoms with van der Waals surface area (Å²) in [6, 6.07) is 4.93. The van der Waals surface area contributed by atoms with E-state index in [1.54, 1.807) is 18.9 Å². The molecule has 0 radical (unpaired) electrons. The first-order valence-corrected chi connectivity index (χ1v) is 11.6. The van der Waals surface area contributed by atoms with Crippen LogP contribution in [0.4, 0.5) is 0 Å². The molecule has 2 heterocycles. The third-order valence-corrected chi connectivity index (χ3v) is 6.33. The summed E-state index contributed by atoms with van der Waals surface area (Å²) >= 11 is 1.52. The van der Waals surface area contributed by atoms with Crippen molar-refractivity contribution in [2.24, 2.45) is 4.99 Å². The Balaban J connectivity index is 1.95. The monoisotopic (exact) mass is 446 g/mol. The number of carbonyl (C=O) groups is 2. The van der Waals surface area contributed by atoms with Gasteiger partial charge in [0.1, 0.15) is 0 Å². The van der Waals surface area contributed by atoms with Crippen LogP contribution in [0, 0.1) is 0 Å². The second kappa shape index (κ2) is 10.7. The predicted molar refractivity (Wildman–Crippen MR) is 121 cm³/mol. The van der Waals surface area contributed by atoms with Gasteiger partial charge in [0.25, 0.3) is 0 Å². The Labute approximate surface area is 187 Å². The molecule has 1 amide bonds. The van der Waals surface area contributed by atoms with E-state index in [9.17, 15) is 9.59 Å². The Hall–Kier alpha value is -2.48. The molecule has 0 bridgehead atoms. The third-order valence-electron chi connectivity index (χ3n) is 5.37. The minimum atomic E-state index is -0.618. The van der Waals surface area contributed by atoms with Crippen LogP contribution >= 0.6 is 11.8 Å². The number of nitrogens with zero attached hydrogens (tertiary/aromatic N) is 2. The van der Waals surface area contributed by atoms with Crippen LogP contribution in [0.15, 0.2) is 34.5 Å². The number of allylic oxidation sites excluding steroid dienone is 1. The second-order valence-electron chi connectivity index (χ2n) is 7.47. The van der Waals surface area contributed by atoms with Crippen molar-refractivity contribution in [3.05, 3.63) is 35.0 Å². The molecule has 1 saturated heterocycles. The fourth-order valence-corrected chi connectivity index (χ4v) is 4.77. The summed E-state index contributed by atoms with van der Waals surface area (Å²) in [4.78, 5) is 31.6. The lowest BCUT2D eigenvalue weighted by Gasteiger charge is -2.38. The van der Waals surface area contributed by atoms with Crippen molar-refractivity contribution in [2.45, 2.75) is 52.0 Å². The molecule has 8 heteroatoms. The molecule has 2 aliphatic heterocycles. The largest absolute Gasteiger partial charge is 0.493 e. The normalized spacial score (nSPS) is 18.5. The smallest absolute Gasteiger partial charge is 0.338 e.